The molecule has 2 aromatic rings. The van der Waals surface area contributed by atoms with E-state index in [0.29, 0.717) is 43.4 Å². The zero-order valence-electron chi connectivity index (χ0n) is 16.7. The van der Waals surface area contributed by atoms with Crippen molar-refractivity contribution in [3.05, 3.63) is 48.3 Å². The maximum Gasteiger partial charge on any atom is 0.338 e. The summed E-state index contributed by atoms with van der Waals surface area (Å²) in [5, 5.41) is 0. The molecule has 0 N–H and O–H groups in total. The van der Waals surface area contributed by atoms with Crippen LogP contribution in [0.2, 0.25) is 0 Å². The third-order valence-corrected chi connectivity index (χ3v) is 5.35. The summed E-state index contributed by atoms with van der Waals surface area (Å²) in [6.45, 7) is 4.71. The molecule has 1 unspecified atom stereocenters. The van der Waals surface area contributed by atoms with Gasteiger partial charge in [-0.3, -0.25) is 14.5 Å². The lowest BCUT2D eigenvalue weighted by Gasteiger charge is -2.36. The van der Waals surface area contributed by atoms with Gasteiger partial charge >= 0.3 is 5.97 Å². The van der Waals surface area contributed by atoms with Gasteiger partial charge in [-0.25, -0.2) is 19.7 Å². The summed E-state index contributed by atoms with van der Waals surface area (Å²) in [4.78, 5) is 51.3. The molecule has 2 saturated heterocycles. The fourth-order valence-electron chi connectivity index (χ4n) is 3.82. The number of benzene rings is 1. The van der Waals surface area contributed by atoms with Crippen molar-refractivity contribution in [2.45, 2.75) is 19.4 Å². The molecule has 2 amide bonds. The standard InChI is InChI=1S/C21H23N5O4/c1-2-30-20(29)15-4-6-16(7-5-15)26-18(27)14-17(19(26)28)24-10-12-25(13-11-24)21-22-8-3-9-23-21/h3-9,17H,2,10-14H2,1H3. The first-order valence-electron chi connectivity index (χ1n) is 9.98. The number of imide groups is 1. The number of nitrogens with zero attached hydrogens (tertiary/aromatic N) is 5. The zero-order valence-corrected chi connectivity index (χ0v) is 16.7. The molecule has 156 valence electrons. The molecule has 1 aromatic heterocycles. The maximum absolute atomic E-state index is 13.0. The van der Waals surface area contributed by atoms with Crippen LogP contribution >= 0.6 is 0 Å². The van der Waals surface area contributed by atoms with Gasteiger partial charge in [0.05, 0.1) is 30.3 Å². The molecule has 1 atom stereocenters. The third kappa shape index (κ3) is 3.88. The van der Waals surface area contributed by atoms with Crippen LogP contribution in [0.1, 0.15) is 23.7 Å². The number of ether oxygens (including phenoxy) is 1. The van der Waals surface area contributed by atoms with E-state index in [2.05, 4.69) is 14.9 Å². The van der Waals surface area contributed by atoms with Crippen LogP contribution in [-0.4, -0.2) is 71.5 Å². The highest BCUT2D eigenvalue weighted by Crippen LogP contribution is 2.27. The number of hydrogen-bond donors (Lipinski definition) is 0. The van der Waals surface area contributed by atoms with Crippen molar-refractivity contribution >= 4 is 29.4 Å². The quantitative estimate of drug-likeness (QED) is 0.535. The monoisotopic (exact) mass is 409 g/mol. The lowest BCUT2D eigenvalue weighted by Crippen LogP contribution is -2.53. The number of hydrogen-bond acceptors (Lipinski definition) is 8. The van der Waals surface area contributed by atoms with Crippen LogP contribution in [0.5, 0.6) is 0 Å². The minimum absolute atomic E-state index is 0.153. The van der Waals surface area contributed by atoms with Gasteiger partial charge in [-0.1, -0.05) is 0 Å². The van der Waals surface area contributed by atoms with Crippen LogP contribution in [0.25, 0.3) is 0 Å². The molecule has 3 heterocycles. The van der Waals surface area contributed by atoms with E-state index in [-0.39, 0.29) is 24.8 Å². The van der Waals surface area contributed by atoms with Crippen molar-refractivity contribution in [3.8, 4) is 0 Å². The van der Waals surface area contributed by atoms with Gasteiger partial charge < -0.3 is 9.64 Å². The Balaban J connectivity index is 1.41. The predicted octanol–water partition coefficient (Wildman–Crippen LogP) is 1.11. The number of carbonyl (C=O) groups excluding carboxylic acids is 3. The Morgan fingerprint density at radius 1 is 1.07 bits per heavy atom. The molecule has 0 saturated carbocycles. The molecule has 0 aliphatic carbocycles. The van der Waals surface area contributed by atoms with E-state index in [1.165, 1.54) is 4.90 Å². The minimum Gasteiger partial charge on any atom is -0.462 e. The Kier molecular flexibility index (Phi) is 5.71. The van der Waals surface area contributed by atoms with E-state index in [1.54, 1.807) is 49.6 Å². The summed E-state index contributed by atoms with van der Waals surface area (Å²) in [6, 6.07) is 7.65. The third-order valence-electron chi connectivity index (χ3n) is 5.35. The first-order valence-corrected chi connectivity index (χ1v) is 9.98. The Bertz CT molecular complexity index is 926. The lowest BCUT2D eigenvalue weighted by atomic mass is 10.1. The molecule has 0 spiro atoms. The SMILES string of the molecule is CCOC(=O)c1ccc(N2C(=O)CC(N3CCN(c4ncccn4)CC3)C2=O)cc1. The normalized spacial score (nSPS) is 20.0. The molecular formula is C21H23N5O4. The number of aromatic nitrogens is 2. The summed E-state index contributed by atoms with van der Waals surface area (Å²) in [5.41, 5.74) is 0.854. The van der Waals surface area contributed by atoms with Gasteiger partial charge in [0.25, 0.3) is 5.91 Å². The molecule has 2 aliphatic heterocycles. The van der Waals surface area contributed by atoms with E-state index >= 15 is 0 Å². The highest BCUT2D eigenvalue weighted by atomic mass is 16.5. The van der Waals surface area contributed by atoms with Crippen molar-refractivity contribution in [1.82, 2.24) is 14.9 Å². The van der Waals surface area contributed by atoms with E-state index in [4.69, 9.17) is 4.74 Å². The number of amides is 2. The van der Waals surface area contributed by atoms with Crippen molar-refractivity contribution in [2.24, 2.45) is 0 Å². The van der Waals surface area contributed by atoms with E-state index in [1.807, 2.05) is 4.90 Å². The average Bonchev–Trinajstić information content (AvgIpc) is 3.08. The second-order valence-electron chi connectivity index (χ2n) is 7.13. The number of rotatable bonds is 5. The van der Waals surface area contributed by atoms with Gasteiger partial charge in [0.15, 0.2) is 0 Å². The highest BCUT2D eigenvalue weighted by Gasteiger charge is 2.43. The second kappa shape index (κ2) is 8.58. The molecule has 9 heteroatoms. The van der Waals surface area contributed by atoms with Crippen LogP contribution in [0.3, 0.4) is 0 Å². The molecule has 0 radical (unpaired) electrons. The summed E-state index contributed by atoms with van der Waals surface area (Å²) >= 11 is 0. The second-order valence-corrected chi connectivity index (χ2v) is 7.13. The number of piperazine rings is 1. The van der Waals surface area contributed by atoms with Crippen molar-refractivity contribution in [2.75, 3.05) is 42.6 Å². The van der Waals surface area contributed by atoms with Gasteiger partial charge in [0, 0.05) is 38.6 Å². The highest BCUT2D eigenvalue weighted by molar-refractivity contribution is 6.22. The first-order chi connectivity index (χ1) is 14.6. The van der Waals surface area contributed by atoms with Crippen LogP contribution in [-0.2, 0) is 14.3 Å². The van der Waals surface area contributed by atoms with E-state index in [0.717, 1.165) is 0 Å². The number of anilines is 2. The first kappa shape index (κ1) is 20.0. The Hall–Kier alpha value is -3.33. The van der Waals surface area contributed by atoms with Crippen LogP contribution in [0, 0.1) is 0 Å². The molecule has 9 nitrogen and oxygen atoms in total. The van der Waals surface area contributed by atoms with E-state index < -0.39 is 12.0 Å². The molecule has 2 aliphatic rings. The molecule has 1 aromatic carbocycles. The molecular weight excluding hydrogens is 386 g/mol. The van der Waals surface area contributed by atoms with Crippen LogP contribution in [0.4, 0.5) is 11.6 Å². The van der Waals surface area contributed by atoms with Gasteiger partial charge in [-0.2, -0.15) is 0 Å². The summed E-state index contributed by atoms with van der Waals surface area (Å²) in [6.07, 6.45) is 3.57. The summed E-state index contributed by atoms with van der Waals surface area (Å²) in [5.74, 6) is -0.216. The molecule has 2 fully saturated rings. The van der Waals surface area contributed by atoms with Gasteiger partial charge in [-0.05, 0) is 37.3 Å². The number of esters is 1. The topological polar surface area (TPSA) is 95.9 Å². The van der Waals surface area contributed by atoms with Crippen molar-refractivity contribution in [3.63, 3.8) is 0 Å². The van der Waals surface area contributed by atoms with Crippen molar-refractivity contribution < 1.29 is 19.1 Å². The Labute approximate surface area is 174 Å². The molecule has 4 rings (SSSR count). The Morgan fingerprint density at radius 2 is 1.73 bits per heavy atom. The summed E-state index contributed by atoms with van der Waals surface area (Å²) < 4.78 is 4.97. The van der Waals surface area contributed by atoms with Gasteiger partial charge in [-0.15, -0.1) is 0 Å². The van der Waals surface area contributed by atoms with Gasteiger partial charge in [0.2, 0.25) is 11.9 Å². The minimum atomic E-state index is -0.471. The summed E-state index contributed by atoms with van der Waals surface area (Å²) in [7, 11) is 0. The molecule has 30 heavy (non-hydrogen) atoms. The largest absolute Gasteiger partial charge is 0.462 e. The zero-order chi connectivity index (χ0) is 21.1. The lowest BCUT2D eigenvalue weighted by molar-refractivity contribution is -0.123. The number of carbonyl (C=O) groups is 3. The average molecular weight is 409 g/mol. The van der Waals surface area contributed by atoms with E-state index in [9.17, 15) is 14.4 Å². The van der Waals surface area contributed by atoms with Gasteiger partial charge in [0.1, 0.15) is 0 Å². The van der Waals surface area contributed by atoms with Crippen LogP contribution < -0.4 is 9.80 Å². The fraction of sp³-hybridized carbons (Fsp3) is 0.381. The Morgan fingerprint density at radius 3 is 2.37 bits per heavy atom. The molecule has 0 bridgehead atoms. The maximum atomic E-state index is 13.0. The van der Waals surface area contributed by atoms with Crippen LogP contribution in [0.15, 0.2) is 42.7 Å². The predicted molar refractivity (Wildman–Crippen MR) is 109 cm³/mol. The fourth-order valence-corrected chi connectivity index (χ4v) is 3.82. The smallest absolute Gasteiger partial charge is 0.338 e. The van der Waals surface area contributed by atoms with Crippen molar-refractivity contribution in [1.29, 1.82) is 0 Å².